The highest BCUT2D eigenvalue weighted by Gasteiger charge is 2.19. The van der Waals surface area contributed by atoms with Crippen molar-refractivity contribution < 1.29 is 0 Å². The van der Waals surface area contributed by atoms with E-state index in [-0.39, 0.29) is 0 Å². The molecule has 2 aromatic rings. The maximum Gasteiger partial charge on any atom is 0.0815 e. The lowest BCUT2D eigenvalue weighted by Crippen LogP contribution is -2.31. The molecule has 1 aliphatic rings. The third-order valence-electron chi connectivity index (χ3n) is 3.42. The van der Waals surface area contributed by atoms with Gasteiger partial charge in [-0.2, -0.15) is 0 Å². The minimum Gasteiger partial charge on any atom is -0.310 e. The molecule has 0 amide bonds. The normalized spacial score (nSPS) is 26.1. The molecule has 1 fully saturated rings. The number of hydrogen-bond acceptors (Lipinski definition) is 3. The predicted molar refractivity (Wildman–Crippen MR) is 68.8 cm³/mol. The molecule has 0 radical (unpaired) electrons. The van der Waals surface area contributed by atoms with E-state index >= 15 is 0 Å². The van der Waals surface area contributed by atoms with Crippen molar-refractivity contribution in [2.24, 2.45) is 5.92 Å². The maximum atomic E-state index is 4.38. The second-order valence-electron chi connectivity index (χ2n) is 4.72. The van der Waals surface area contributed by atoms with E-state index in [4.69, 9.17) is 0 Å². The highest BCUT2D eigenvalue weighted by Crippen LogP contribution is 2.28. The van der Waals surface area contributed by atoms with Crippen molar-refractivity contribution in [3.05, 3.63) is 29.3 Å². The maximum absolute atomic E-state index is 4.38. The van der Waals surface area contributed by atoms with Crippen molar-refractivity contribution in [1.82, 2.24) is 10.3 Å². The van der Waals surface area contributed by atoms with E-state index in [0.717, 1.165) is 18.0 Å². The van der Waals surface area contributed by atoms with E-state index in [2.05, 4.69) is 35.4 Å². The van der Waals surface area contributed by atoms with Crippen LogP contribution in [0.15, 0.2) is 23.7 Å². The average Bonchev–Trinajstić information content (AvgIpc) is 2.77. The summed E-state index contributed by atoms with van der Waals surface area (Å²) in [6.07, 6.45) is 2.57. The van der Waals surface area contributed by atoms with Crippen molar-refractivity contribution >= 4 is 21.6 Å². The second-order valence-corrected chi connectivity index (χ2v) is 5.61. The van der Waals surface area contributed by atoms with Crippen LogP contribution in [0.1, 0.15) is 31.4 Å². The van der Waals surface area contributed by atoms with Crippen molar-refractivity contribution in [3.8, 4) is 0 Å². The lowest BCUT2D eigenvalue weighted by atomic mass is 9.92. The number of rotatable bonds is 1. The van der Waals surface area contributed by atoms with E-state index < -0.39 is 0 Å². The molecule has 2 nitrogen and oxygen atoms in total. The van der Waals surface area contributed by atoms with Crippen molar-refractivity contribution in [2.45, 2.75) is 25.8 Å². The summed E-state index contributed by atoms with van der Waals surface area (Å²) in [6, 6.07) is 7.21. The zero-order valence-corrected chi connectivity index (χ0v) is 10.3. The minimum absolute atomic E-state index is 0.530. The first-order chi connectivity index (χ1) is 7.83. The molecule has 3 rings (SSSR count). The lowest BCUT2D eigenvalue weighted by Gasteiger charge is -2.28. The summed E-state index contributed by atoms with van der Waals surface area (Å²) in [5, 5.41) is 3.62. The van der Waals surface area contributed by atoms with Gasteiger partial charge in [-0.25, -0.2) is 4.98 Å². The van der Waals surface area contributed by atoms with Crippen LogP contribution < -0.4 is 5.32 Å². The second kappa shape index (κ2) is 4.15. The predicted octanol–water partition coefficient (Wildman–Crippen LogP) is 3.36. The molecule has 1 aliphatic heterocycles. The molecular weight excluding hydrogens is 216 g/mol. The van der Waals surface area contributed by atoms with Crippen LogP contribution in [0.5, 0.6) is 0 Å². The lowest BCUT2D eigenvalue weighted by molar-refractivity contribution is 0.333. The molecule has 1 saturated heterocycles. The summed E-state index contributed by atoms with van der Waals surface area (Å²) in [6.45, 7) is 3.45. The van der Waals surface area contributed by atoms with E-state index in [9.17, 15) is 0 Å². The van der Waals surface area contributed by atoms with Crippen LogP contribution in [0.4, 0.5) is 0 Å². The Morgan fingerprint density at radius 1 is 1.38 bits per heavy atom. The topological polar surface area (TPSA) is 24.9 Å². The molecule has 16 heavy (non-hydrogen) atoms. The molecule has 0 aliphatic carbocycles. The number of fused-ring (bicyclic) bond motifs is 1. The van der Waals surface area contributed by atoms with Gasteiger partial charge in [0.15, 0.2) is 0 Å². The molecule has 84 valence electrons. The monoisotopic (exact) mass is 232 g/mol. The molecule has 3 heteroatoms. The summed E-state index contributed by atoms with van der Waals surface area (Å²) in [4.78, 5) is 4.38. The fourth-order valence-electron chi connectivity index (χ4n) is 2.37. The number of thiazole rings is 1. The van der Waals surface area contributed by atoms with Gasteiger partial charge in [-0.05, 0) is 43.0 Å². The third-order valence-corrected chi connectivity index (χ3v) is 4.23. The summed E-state index contributed by atoms with van der Waals surface area (Å²) < 4.78 is 1.29. The number of aromatic nitrogens is 1. The first kappa shape index (κ1) is 10.2. The van der Waals surface area contributed by atoms with Crippen LogP contribution in [-0.2, 0) is 0 Å². The fourth-order valence-corrected chi connectivity index (χ4v) is 3.03. The largest absolute Gasteiger partial charge is 0.310 e. The summed E-state index contributed by atoms with van der Waals surface area (Å²) in [5.41, 5.74) is 4.46. The average molecular weight is 232 g/mol. The fraction of sp³-hybridized carbons (Fsp3) is 0.462. The third kappa shape index (κ3) is 1.85. The van der Waals surface area contributed by atoms with Crippen LogP contribution >= 0.6 is 11.3 Å². The molecule has 0 unspecified atom stereocenters. The highest BCUT2D eigenvalue weighted by molar-refractivity contribution is 7.16. The van der Waals surface area contributed by atoms with Gasteiger partial charge >= 0.3 is 0 Å². The SMILES string of the molecule is C[C@@H]1CC[C@@H](c2ccc3scnc3c2)NC1. The standard InChI is InChI=1S/C13H16N2S/c1-9-2-4-11(14-7-9)10-3-5-13-12(6-10)15-8-16-13/h3,5-6,8-9,11,14H,2,4,7H2,1H3/t9-,11+/m1/s1. The number of piperidine rings is 1. The van der Waals surface area contributed by atoms with Gasteiger partial charge in [-0.1, -0.05) is 13.0 Å². The minimum atomic E-state index is 0.530. The molecular formula is C13H16N2S. The van der Waals surface area contributed by atoms with Crippen molar-refractivity contribution in [2.75, 3.05) is 6.54 Å². The molecule has 0 bridgehead atoms. The van der Waals surface area contributed by atoms with E-state index in [0.29, 0.717) is 6.04 Å². The van der Waals surface area contributed by atoms with E-state index in [1.54, 1.807) is 11.3 Å². The van der Waals surface area contributed by atoms with Gasteiger partial charge in [0, 0.05) is 6.04 Å². The van der Waals surface area contributed by atoms with Crippen LogP contribution in [-0.4, -0.2) is 11.5 Å². The number of nitrogens with one attached hydrogen (secondary N) is 1. The molecule has 2 atom stereocenters. The smallest absolute Gasteiger partial charge is 0.0815 e. The Kier molecular flexibility index (Phi) is 2.65. The summed E-state index contributed by atoms with van der Waals surface area (Å²) in [5.74, 6) is 0.819. The Morgan fingerprint density at radius 2 is 2.31 bits per heavy atom. The Morgan fingerprint density at radius 3 is 3.12 bits per heavy atom. The molecule has 2 heterocycles. The first-order valence-corrected chi connectivity index (χ1v) is 6.77. The molecule has 1 N–H and O–H groups in total. The summed E-state index contributed by atoms with van der Waals surface area (Å²) in [7, 11) is 0. The molecule has 0 saturated carbocycles. The number of nitrogens with zero attached hydrogens (tertiary/aromatic N) is 1. The van der Waals surface area contributed by atoms with Crippen LogP contribution in [0.3, 0.4) is 0 Å². The van der Waals surface area contributed by atoms with Crippen LogP contribution in [0.25, 0.3) is 10.2 Å². The Hall–Kier alpha value is -0.930. The van der Waals surface area contributed by atoms with Gasteiger partial charge < -0.3 is 5.32 Å². The van der Waals surface area contributed by atoms with Gasteiger partial charge in [0.05, 0.1) is 15.7 Å². The highest BCUT2D eigenvalue weighted by atomic mass is 32.1. The van der Waals surface area contributed by atoms with Gasteiger partial charge in [0.1, 0.15) is 0 Å². The molecule has 1 aromatic heterocycles. The first-order valence-electron chi connectivity index (χ1n) is 5.89. The Balaban J connectivity index is 1.87. The molecule has 1 aromatic carbocycles. The van der Waals surface area contributed by atoms with Gasteiger partial charge in [-0.15, -0.1) is 11.3 Å². The zero-order chi connectivity index (χ0) is 11.0. The van der Waals surface area contributed by atoms with Gasteiger partial charge in [0.2, 0.25) is 0 Å². The van der Waals surface area contributed by atoms with E-state index in [1.165, 1.54) is 23.1 Å². The summed E-state index contributed by atoms with van der Waals surface area (Å²) >= 11 is 1.71. The zero-order valence-electron chi connectivity index (χ0n) is 9.44. The van der Waals surface area contributed by atoms with Crippen LogP contribution in [0.2, 0.25) is 0 Å². The Bertz CT molecular complexity index is 483. The number of hydrogen-bond donors (Lipinski definition) is 1. The Labute approximate surface area is 99.7 Å². The quantitative estimate of drug-likeness (QED) is 0.815. The van der Waals surface area contributed by atoms with Crippen LogP contribution in [0, 0.1) is 5.92 Å². The van der Waals surface area contributed by atoms with Gasteiger partial charge in [-0.3, -0.25) is 0 Å². The van der Waals surface area contributed by atoms with Gasteiger partial charge in [0.25, 0.3) is 0 Å². The van der Waals surface area contributed by atoms with E-state index in [1.807, 2.05) is 5.51 Å². The van der Waals surface area contributed by atoms with Crippen molar-refractivity contribution in [3.63, 3.8) is 0 Å². The molecule has 0 spiro atoms. The van der Waals surface area contributed by atoms with Crippen molar-refractivity contribution in [1.29, 1.82) is 0 Å². The number of benzene rings is 1.